The molecule has 0 saturated carbocycles. The quantitative estimate of drug-likeness (QED) is 0.539. The van der Waals surface area contributed by atoms with E-state index in [4.69, 9.17) is 0 Å². The second-order valence-electron chi connectivity index (χ2n) is 4.49. The Hall–Kier alpha value is -1.70. The number of thiophene rings is 1. The van der Waals surface area contributed by atoms with Crippen molar-refractivity contribution < 1.29 is 9.90 Å². The fourth-order valence-electron chi connectivity index (χ4n) is 2.45. The molecule has 0 radical (unpaired) electrons. The van der Waals surface area contributed by atoms with Crippen molar-refractivity contribution in [2.45, 2.75) is 0 Å². The molecule has 3 aromatic heterocycles. The number of pyridine rings is 1. The van der Waals surface area contributed by atoms with Crippen molar-refractivity contribution >= 4 is 69.8 Å². The molecule has 0 aliphatic rings. The number of aromatic carboxylic acids is 1. The highest BCUT2D eigenvalue weighted by atomic mass is 79.9. The first-order valence-corrected chi connectivity index (χ1v) is 8.39. The van der Waals surface area contributed by atoms with Crippen LogP contribution < -0.4 is 5.43 Å². The lowest BCUT2D eigenvalue weighted by atomic mass is 10.2. The molecular weight excluding hydrogens is 374 g/mol. The number of halogens is 1. The predicted molar refractivity (Wildman–Crippen MR) is 89.1 cm³/mol. The highest BCUT2D eigenvalue weighted by molar-refractivity contribution is 9.11. The van der Waals surface area contributed by atoms with E-state index >= 15 is 0 Å². The summed E-state index contributed by atoms with van der Waals surface area (Å²) in [6.07, 6.45) is 0. The smallest absolute Gasteiger partial charge is 0.342 e. The van der Waals surface area contributed by atoms with Gasteiger partial charge in [-0.05, 0) is 34.1 Å². The van der Waals surface area contributed by atoms with Crippen LogP contribution >= 0.6 is 38.6 Å². The van der Waals surface area contributed by atoms with E-state index in [0.29, 0.717) is 10.2 Å². The molecule has 1 N–H and O–H groups in total. The Labute approximate surface area is 134 Å². The lowest BCUT2D eigenvalue weighted by Crippen LogP contribution is -2.16. The molecule has 0 unspecified atom stereocenters. The van der Waals surface area contributed by atoms with Crippen LogP contribution in [0.3, 0.4) is 0 Å². The second kappa shape index (κ2) is 4.40. The van der Waals surface area contributed by atoms with E-state index in [1.54, 1.807) is 6.07 Å². The average Bonchev–Trinajstić information content (AvgIpc) is 2.98. The summed E-state index contributed by atoms with van der Waals surface area (Å²) in [6, 6.07) is 9.35. The van der Waals surface area contributed by atoms with Gasteiger partial charge in [-0.3, -0.25) is 9.20 Å². The molecule has 0 amide bonds. The molecule has 0 atom stereocenters. The third-order valence-corrected chi connectivity index (χ3v) is 6.07. The van der Waals surface area contributed by atoms with Crippen molar-refractivity contribution in [3.8, 4) is 0 Å². The molecule has 0 saturated heterocycles. The molecule has 0 aliphatic heterocycles. The summed E-state index contributed by atoms with van der Waals surface area (Å²) in [5, 5.41) is 9.88. The van der Waals surface area contributed by atoms with E-state index in [2.05, 4.69) is 15.9 Å². The predicted octanol–water partition coefficient (Wildman–Crippen LogP) is 4.19. The van der Waals surface area contributed by atoms with Crippen molar-refractivity contribution in [1.82, 2.24) is 4.40 Å². The molecule has 0 bridgehead atoms. The largest absolute Gasteiger partial charge is 0.477 e. The van der Waals surface area contributed by atoms with E-state index in [1.807, 2.05) is 28.7 Å². The number of fused-ring (bicyclic) bond motifs is 5. The topological polar surface area (TPSA) is 58.8 Å². The summed E-state index contributed by atoms with van der Waals surface area (Å²) >= 11 is 6.14. The molecular formula is C14H6BrNO3S2. The fraction of sp³-hybridized carbons (Fsp3) is 0. The van der Waals surface area contributed by atoms with Crippen LogP contribution in [0.25, 0.3) is 25.3 Å². The molecule has 7 heteroatoms. The van der Waals surface area contributed by atoms with E-state index in [1.165, 1.54) is 22.7 Å². The molecule has 4 nitrogen and oxygen atoms in total. The zero-order valence-electron chi connectivity index (χ0n) is 10.3. The number of carbonyl (C=O) groups is 1. The van der Waals surface area contributed by atoms with Crippen LogP contribution in [-0.2, 0) is 0 Å². The van der Waals surface area contributed by atoms with Crippen LogP contribution in [0, 0.1) is 0 Å². The Balaban J connectivity index is 2.44. The first-order chi connectivity index (χ1) is 10.1. The Kier molecular flexibility index (Phi) is 2.72. The summed E-state index contributed by atoms with van der Waals surface area (Å²) in [5.74, 6) is -1.19. The summed E-state index contributed by atoms with van der Waals surface area (Å²) < 4.78 is 3.63. The zero-order valence-corrected chi connectivity index (χ0v) is 13.5. The minimum absolute atomic E-state index is 0.158. The molecule has 0 spiro atoms. The minimum atomic E-state index is -1.19. The van der Waals surface area contributed by atoms with Gasteiger partial charge in [0.05, 0.1) is 19.4 Å². The van der Waals surface area contributed by atoms with Crippen molar-refractivity contribution in [1.29, 1.82) is 0 Å². The van der Waals surface area contributed by atoms with Gasteiger partial charge in [-0.1, -0.05) is 12.1 Å². The number of para-hydroxylation sites is 1. The van der Waals surface area contributed by atoms with Crippen molar-refractivity contribution in [2.75, 3.05) is 0 Å². The summed E-state index contributed by atoms with van der Waals surface area (Å²) in [6.45, 7) is 0. The Morgan fingerprint density at radius 3 is 2.71 bits per heavy atom. The van der Waals surface area contributed by atoms with Crippen LogP contribution in [0.1, 0.15) is 10.4 Å². The summed E-state index contributed by atoms with van der Waals surface area (Å²) in [7, 11) is 0. The van der Waals surface area contributed by atoms with E-state index in [0.717, 1.165) is 18.8 Å². The van der Waals surface area contributed by atoms with Gasteiger partial charge in [-0.15, -0.1) is 22.7 Å². The zero-order chi connectivity index (χ0) is 14.7. The van der Waals surface area contributed by atoms with E-state index in [9.17, 15) is 14.7 Å². The number of aromatic nitrogens is 1. The maximum atomic E-state index is 12.5. The first-order valence-electron chi connectivity index (χ1n) is 5.96. The fourth-order valence-corrected chi connectivity index (χ4v) is 5.29. The SMILES string of the molecule is O=C(O)c1c(=O)c2cc(Br)sc2n2c1sc1ccccc12. The molecule has 4 rings (SSSR count). The number of rotatable bonds is 1. The summed E-state index contributed by atoms with van der Waals surface area (Å²) in [5.41, 5.74) is 0.333. The average molecular weight is 380 g/mol. The van der Waals surface area contributed by atoms with Crippen molar-refractivity contribution in [3.63, 3.8) is 0 Å². The number of thiazole rings is 1. The van der Waals surface area contributed by atoms with Crippen LogP contribution in [0.2, 0.25) is 0 Å². The van der Waals surface area contributed by atoms with Gasteiger partial charge >= 0.3 is 5.97 Å². The van der Waals surface area contributed by atoms with Gasteiger partial charge in [0.25, 0.3) is 0 Å². The number of benzene rings is 1. The number of carboxylic acid groups (broad SMARTS) is 1. The summed E-state index contributed by atoms with van der Waals surface area (Å²) in [4.78, 5) is 25.3. The van der Waals surface area contributed by atoms with E-state index in [-0.39, 0.29) is 5.56 Å². The normalized spacial score (nSPS) is 11.7. The Morgan fingerprint density at radius 1 is 1.19 bits per heavy atom. The molecule has 21 heavy (non-hydrogen) atoms. The van der Waals surface area contributed by atoms with Gasteiger partial charge < -0.3 is 5.11 Å². The third-order valence-electron chi connectivity index (χ3n) is 3.30. The van der Waals surface area contributed by atoms with Gasteiger partial charge in [0.2, 0.25) is 5.43 Å². The third kappa shape index (κ3) is 1.71. The van der Waals surface area contributed by atoms with E-state index < -0.39 is 11.4 Å². The molecule has 3 heterocycles. The van der Waals surface area contributed by atoms with Gasteiger partial charge in [0.15, 0.2) is 0 Å². The maximum Gasteiger partial charge on any atom is 0.342 e. The standard InChI is InChI=1S/C14H6BrNO3S2/c15-9-5-6-11(17)10(14(18)19)13-16(12(6)21-9)7-3-1-2-4-8(7)20-13/h1-5H,(H,18,19). The monoisotopic (exact) mass is 379 g/mol. The Morgan fingerprint density at radius 2 is 1.95 bits per heavy atom. The Bertz CT molecular complexity index is 1110. The van der Waals surface area contributed by atoms with Gasteiger partial charge in [-0.2, -0.15) is 0 Å². The first kappa shape index (κ1) is 13.0. The number of nitrogens with zero attached hydrogens (tertiary/aromatic N) is 1. The minimum Gasteiger partial charge on any atom is -0.477 e. The van der Waals surface area contributed by atoms with Crippen LogP contribution in [0.4, 0.5) is 0 Å². The van der Waals surface area contributed by atoms with Gasteiger partial charge in [-0.25, -0.2) is 4.79 Å². The van der Waals surface area contributed by atoms with Gasteiger partial charge in [0.1, 0.15) is 15.2 Å². The maximum absolute atomic E-state index is 12.5. The number of hydrogen-bond donors (Lipinski definition) is 1. The molecule has 0 fully saturated rings. The van der Waals surface area contributed by atoms with Gasteiger partial charge in [0, 0.05) is 0 Å². The molecule has 0 aliphatic carbocycles. The van der Waals surface area contributed by atoms with Crippen LogP contribution in [-0.4, -0.2) is 15.5 Å². The molecule has 1 aromatic carbocycles. The number of hydrogen-bond acceptors (Lipinski definition) is 4. The lowest BCUT2D eigenvalue weighted by Gasteiger charge is -2.01. The number of carboxylic acids is 1. The highest BCUT2D eigenvalue weighted by Gasteiger charge is 2.22. The highest BCUT2D eigenvalue weighted by Crippen LogP contribution is 2.35. The second-order valence-corrected chi connectivity index (χ2v) is 7.93. The lowest BCUT2D eigenvalue weighted by molar-refractivity contribution is 0.0698. The van der Waals surface area contributed by atoms with Crippen LogP contribution in [0.5, 0.6) is 0 Å². The van der Waals surface area contributed by atoms with Crippen molar-refractivity contribution in [2.24, 2.45) is 0 Å². The van der Waals surface area contributed by atoms with Crippen LogP contribution in [0.15, 0.2) is 38.9 Å². The molecule has 104 valence electrons. The molecule has 4 aromatic rings. The van der Waals surface area contributed by atoms with Crippen molar-refractivity contribution in [3.05, 3.63) is 49.9 Å².